The quantitative estimate of drug-likeness (QED) is 0.269. The molecule has 0 saturated heterocycles. The molecule has 1 amide bonds. The monoisotopic (exact) mass is 549 g/mol. The molecular formula is C28H27N3O5S2. The Bertz CT molecular complexity index is 1700. The van der Waals surface area contributed by atoms with Crippen LogP contribution in [0.3, 0.4) is 0 Å². The van der Waals surface area contributed by atoms with Crippen molar-refractivity contribution >= 4 is 43.0 Å². The van der Waals surface area contributed by atoms with Crippen molar-refractivity contribution in [3.63, 3.8) is 0 Å². The largest absolute Gasteiger partial charge is 0.322 e. The Morgan fingerprint density at radius 3 is 1.89 bits per heavy atom. The molecule has 0 radical (unpaired) electrons. The summed E-state index contributed by atoms with van der Waals surface area (Å²) in [5.74, 6) is -0.465. The molecule has 0 heterocycles. The minimum atomic E-state index is -3.83. The second-order valence-corrected chi connectivity index (χ2v) is 12.2. The van der Waals surface area contributed by atoms with Crippen molar-refractivity contribution < 1.29 is 21.6 Å². The first-order valence-electron chi connectivity index (χ1n) is 11.7. The summed E-state index contributed by atoms with van der Waals surface area (Å²) in [7, 11) is -7.66. The van der Waals surface area contributed by atoms with Crippen LogP contribution in [0.5, 0.6) is 0 Å². The number of carbonyl (C=O) groups excluding carboxylic acids is 1. The molecule has 0 atom stereocenters. The third-order valence-corrected chi connectivity index (χ3v) is 8.70. The van der Waals surface area contributed by atoms with Gasteiger partial charge < -0.3 is 5.32 Å². The van der Waals surface area contributed by atoms with Crippen LogP contribution in [-0.4, -0.2) is 22.7 Å². The van der Waals surface area contributed by atoms with E-state index in [1.807, 2.05) is 26.0 Å². The van der Waals surface area contributed by atoms with Crippen LogP contribution < -0.4 is 14.8 Å². The Labute approximate surface area is 222 Å². The Morgan fingerprint density at radius 1 is 0.632 bits per heavy atom. The van der Waals surface area contributed by atoms with E-state index < -0.39 is 26.0 Å². The predicted octanol–water partition coefficient (Wildman–Crippen LogP) is 5.47. The fourth-order valence-corrected chi connectivity index (χ4v) is 6.03. The van der Waals surface area contributed by atoms with Crippen LogP contribution in [0.25, 0.3) is 0 Å². The number of rotatable bonds is 8. The van der Waals surface area contributed by atoms with E-state index in [-0.39, 0.29) is 21.0 Å². The average Bonchev–Trinajstić information content (AvgIpc) is 2.88. The maximum Gasteiger partial charge on any atom is 0.261 e. The minimum absolute atomic E-state index is 0.0462. The zero-order chi connectivity index (χ0) is 27.5. The van der Waals surface area contributed by atoms with Gasteiger partial charge in [-0.2, -0.15) is 0 Å². The molecule has 0 aromatic heterocycles. The number of hydrogen-bond acceptors (Lipinski definition) is 5. The first-order chi connectivity index (χ1) is 18.0. The van der Waals surface area contributed by atoms with Crippen molar-refractivity contribution in [3.05, 3.63) is 113 Å². The first kappa shape index (κ1) is 26.9. The lowest BCUT2D eigenvalue weighted by molar-refractivity contribution is 0.102. The van der Waals surface area contributed by atoms with Crippen molar-refractivity contribution in [1.82, 2.24) is 0 Å². The fraction of sp³-hybridized carbons (Fsp3) is 0.107. The minimum Gasteiger partial charge on any atom is -0.322 e. The third kappa shape index (κ3) is 6.04. The number of carbonyl (C=O) groups is 1. The van der Waals surface area contributed by atoms with E-state index in [1.165, 1.54) is 36.4 Å². The number of aryl methyl sites for hydroxylation is 2. The number of amides is 1. The van der Waals surface area contributed by atoms with Crippen LogP contribution in [-0.2, 0) is 20.0 Å². The fourth-order valence-electron chi connectivity index (χ4n) is 3.76. The van der Waals surface area contributed by atoms with Crippen molar-refractivity contribution in [2.45, 2.75) is 30.6 Å². The SMILES string of the molecule is Cc1ccc(C)c(NS(=O)(=O)c2ccc(NC(=O)c3cccc(NS(=O)(=O)c4ccccc4)c3C)cc2)c1. The summed E-state index contributed by atoms with van der Waals surface area (Å²) in [4.78, 5) is 13.2. The molecule has 0 bridgehead atoms. The van der Waals surface area contributed by atoms with Gasteiger partial charge in [0.15, 0.2) is 0 Å². The number of nitrogens with one attached hydrogen (secondary N) is 3. The van der Waals surface area contributed by atoms with Crippen LogP contribution in [0.15, 0.2) is 101 Å². The molecule has 10 heteroatoms. The van der Waals surface area contributed by atoms with Crippen molar-refractivity contribution in [3.8, 4) is 0 Å². The van der Waals surface area contributed by atoms with Gasteiger partial charge in [-0.1, -0.05) is 36.4 Å². The highest BCUT2D eigenvalue weighted by molar-refractivity contribution is 7.93. The van der Waals surface area contributed by atoms with E-state index in [4.69, 9.17) is 0 Å². The maximum atomic E-state index is 13.0. The summed E-state index contributed by atoms with van der Waals surface area (Å²) in [5.41, 5.74) is 3.61. The van der Waals surface area contributed by atoms with Gasteiger partial charge in [-0.25, -0.2) is 16.8 Å². The van der Waals surface area contributed by atoms with Crippen LogP contribution in [0.2, 0.25) is 0 Å². The Balaban J connectivity index is 1.50. The molecule has 8 nitrogen and oxygen atoms in total. The smallest absolute Gasteiger partial charge is 0.261 e. The molecule has 3 N–H and O–H groups in total. The van der Waals surface area contributed by atoms with E-state index in [0.29, 0.717) is 16.9 Å². The molecular weight excluding hydrogens is 522 g/mol. The number of sulfonamides is 2. The molecule has 196 valence electrons. The highest BCUT2D eigenvalue weighted by atomic mass is 32.2. The van der Waals surface area contributed by atoms with Gasteiger partial charge >= 0.3 is 0 Å². The molecule has 0 saturated carbocycles. The van der Waals surface area contributed by atoms with Gasteiger partial charge in [-0.15, -0.1) is 0 Å². The van der Waals surface area contributed by atoms with E-state index >= 15 is 0 Å². The van der Waals surface area contributed by atoms with Crippen LogP contribution >= 0.6 is 0 Å². The molecule has 38 heavy (non-hydrogen) atoms. The van der Waals surface area contributed by atoms with Crippen molar-refractivity contribution in [2.24, 2.45) is 0 Å². The summed E-state index contributed by atoms with van der Waals surface area (Å²) in [5, 5.41) is 2.73. The topological polar surface area (TPSA) is 121 Å². The summed E-state index contributed by atoms with van der Waals surface area (Å²) >= 11 is 0. The second-order valence-electron chi connectivity index (χ2n) is 8.80. The lowest BCUT2D eigenvalue weighted by atomic mass is 10.1. The van der Waals surface area contributed by atoms with Gasteiger partial charge in [-0.05, 0) is 92.1 Å². The lowest BCUT2D eigenvalue weighted by Crippen LogP contribution is -2.17. The van der Waals surface area contributed by atoms with E-state index in [2.05, 4.69) is 14.8 Å². The first-order valence-corrected chi connectivity index (χ1v) is 14.6. The second kappa shape index (κ2) is 10.7. The lowest BCUT2D eigenvalue weighted by Gasteiger charge is -2.14. The van der Waals surface area contributed by atoms with Gasteiger partial charge in [0.1, 0.15) is 0 Å². The van der Waals surface area contributed by atoms with Gasteiger partial charge in [0.25, 0.3) is 26.0 Å². The van der Waals surface area contributed by atoms with Crippen LogP contribution in [0.1, 0.15) is 27.0 Å². The third-order valence-electron chi connectivity index (χ3n) is 5.94. The molecule has 0 fully saturated rings. The Morgan fingerprint density at radius 2 is 1.24 bits per heavy atom. The average molecular weight is 550 g/mol. The highest BCUT2D eigenvalue weighted by Gasteiger charge is 2.19. The standard InChI is InChI=1S/C28H27N3O5S2/c1-19-12-13-20(2)27(18-19)31-38(35,36)24-16-14-22(15-17-24)29-28(32)25-10-7-11-26(21(25)3)30-37(33,34)23-8-5-4-6-9-23/h4-18,30-31H,1-3H3,(H,29,32). The van der Waals surface area contributed by atoms with Crippen LogP contribution in [0, 0.1) is 20.8 Å². The molecule has 4 aromatic carbocycles. The normalized spacial score (nSPS) is 11.6. The van der Waals surface area contributed by atoms with E-state index in [9.17, 15) is 21.6 Å². The van der Waals surface area contributed by atoms with Crippen LogP contribution in [0.4, 0.5) is 17.1 Å². The van der Waals surface area contributed by atoms with E-state index in [1.54, 1.807) is 49.4 Å². The van der Waals surface area contributed by atoms with E-state index in [0.717, 1.165) is 11.1 Å². The van der Waals surface area contributed by atoms with Gasteiger partial charge in [0.2, 0.25) is 0 Å². The molecule has 4 aromatic rings. The molecule has 0 unspecified atom stereocenters. The highest BCUT2D eigenvalue weighted by Crippen LogP contribution is 2.25. The Kier molecular flexibility index (Phi) is 7.56. The van der Waals surface area contributed by atoms with Gasteiger partial charge in [0, 0.05) is 11.3 Å². The van der Waals surface area contributed by atoms with Gasteiger partial charge in [-0.3, -0.25) is 14.2 Å². The van der Waals surface area contributed by atoms with Crippen molar-refractivity contribution in [1.29, 1.82) is 0 Å². The summed E-state index contributed by atoms with van der Waals surface area (Å²) in [6.45, 7) is 5.34. The molecule has 0 aliphatic heterocycles. The summed E-state index contributed by atoms with van der Waals surface area (Å²) < 4.78 is 56.3. The number of hydrogen-bond donors (Lipinski definition) is 3. The molecule has 0 spiro atoms. The molecule has 4 rings (SSSR count). The summed E-state index contributed by atoms with van der Waals surface area (Å²) in [6.07, 6.45) is 0. The Hall–Kier alpha value is -4.15. The zero-order valence-electron chi connectivity index (χ0n) is 21.0. The number of benzene rings is 4. The summed E-state index contributed by atoms with van der Waals surface area (Å²) in [6, 6.07) is 24.0. The zero-order valence-corrected chi connectivity index (χ0v) is 22.7. The van der Waals surface area contributed by atoms with Crippen molar-refractivity contribution in [2.75, 3.05) is 14.8 Å². The molecule has 0 aliphatic carbocycles. The maximum absolute atomic E-state index is 13.0. The predicted molar refractivity (Wildman–Crippen MR) is 150 cm³/mol. The molecule has 0 aliphatic rings. The van der Waals surface area contributed by atoms with Gasteiger partial charge in [0.05, 0.1) is 21.2 Å². The number of anilines is 3.